The smallest absolute Gasteiger partial charge is 0.231 e. The molecule has 1 aliphatic rings. The molecule has 24 heavy (non-hydrogen) atoms. The van der Waals surface area contributed by atoms with Gasteiger partial charge >= 0.3 is 0 Å². The van der Waals surface area contributed by atoms with Crippen molar-refractivity contribution in [1.29, 1.82) is 0 Å². The van der Waals surface area contributed by atoms with Gasteiger partial charge in [-0.2, -0.15) is 0 Å². The summed E-state index contributed by atoms with van der Waals surface area (Å²) in [6, 6.07) is 12.5. The summed E-state index contributed by atoms with van der Waals surface area (Å²) in [7, 11) is -1.54. The molecule has 8 heteroatoms. The van der Waals surface area contributed by atoms with Crippen LogP contribution in [-0.2, 0) is 21.6 Å². The Hall–Kier alpha value is -2.42. The largest absolute Gasteiger partial charge is 0.726 e. The summed E-state index contributed by atoms with van der Waals surface area (Å²) in [5.41, 5.74) is 1.21. The van der Waals surface area contributed by atoms with Gasteiger partial charge in [-0.3, -0.25) is 4.18 Å². The number of hydrogen-bond acceptors (Lipinski definition) is 6. The Morgan fingerprint density at radius 1 is 1.12 bits per heavy atom. The SMILES string of the molecule is COS(=O)(=O)[O-].C[n+]1cc2cc3c(cc2c2ccccc21)OCO3. The van der Waals surface area contributed by atoms with Crippen molar-refractivity contribution in [3.63, 3.8) is 0 Å². The predicted molar refractivity (Wildman–Crippen MR) is 85.5 cm³/mol. The van der Waals surface area contributed by atoms with Crippen LogP contribution in [0.25, 0.3) is 21.7 Å². The van der Waals surface area contributed by atoms with Crippen molar-refractivity contribution in [2.45, 2.75) is 0 Å². The Kier molecular flexibility index (Phi) is 4.27. The molecule has 0 atom stereocenters. The molecule has 1 aromatic heterocycles. The van der Waals surface area contributed by atoms with E-state index in [-0.39, 0.29) is 0 Å². The molecule has 0 aliphatic carbocycles. The highest BCUT2D eigenvalue weighted by atomic mass is 32.3. The minimum absolute atomic E-state index is 0.315. The highest BCUT2D eigenvalue weighted by molar-refractivity contribution is 7.80. The van der Waals surface area contributed by atoms with Gasteiger partial charge in [0.2, 0.25) is 22.7 Å². The summed E-state index contributed by atoms with van der Waals surface area (Å²) in [6.45, 7) is 0.315. The highest BCUT2D eigenvalue weighted by Crippen LogP contribution is 2.37. The van der Waals surface area contributed by atoms with Gasteiger partial charge in [-0.25, -0.2) is 13.0 Å². The van der Waals surface area contributed by atoms with E-state index < -0.39 is 10.4 Å². The van der Waals surface area contributed by atoms with E-state index in [1.54, 1.807) is 0 Å². The maximum atomic E-state index is 9.22. The van der Waals surface area contributed by atoms with E-state index in [2.05, 4.69) is 52.3 Å². The molecule has 7 nitrogen and oxygen atoms in total. The number of rotatable bonds is 1. The molecule has 0 saturated carbocycles. The standard InChI is InChI=1S/C15H12NO2.CH4O4S/c1-16-8-10-6-14-15(18-9-17-14)7-12(10)11-4-2-3-5-13(11)16;1-5-6(2,3)4/h2-8H,9H2,1H3;1H3,(H,2,3,4)/q+1;/p-1. The first-order valence-corrected chi connectivity index (χ1v) is 8.34. The lowest BCUT2D eigenvalue weighted by atomic mass is 10.1. The summed E-state index contributed by atoms with van der Waals surface area (Å²) >= 11 is 0. The molecule has 4 rings (SSSR count). The number of ether oxygens (including phenoxy) is 2. The van der Waals surface area contributed by atoms with Crippen molar-refractivity contribution >= 4 is 32.1 Å². The minimum Gasteiger partial charge on any atom is -0.726 e. The molecule has 0 saturated heterocycles. The van der Waals surface area contributed by atoms with E-state index in [9.17, 15) is 13.0 Å². The first-order valence-electron chi connectivity index (χ1n) is 7.01. The van der Waals surface area contributed by atoms with Crippen LogP contribution < -0.4 is 14.0 Å². The number of aromatic nitrogens is 1. The van der Waals surface area contributed by atoms with Gasteiger partial charge in [0.15, 0.2) is 17.7 Å². The van der Waals surface area contributed by atoms with Gasteiger partial charge in [0.25, 0.3) is 0 Å². The summed E-state index contributed by atoms with van der Waals surface area (Å²) < 4.78 is 44.0. The molecular weight excluding hydrogens is 334 g/mol. The zero-order valence-electron chi connectivity index (χ0n) is 13.1. The maximum absolute atomic E-state index is 9.22. The normalized spacial score (nSPS) is 13.0. The lowest BCUT2D eigenvalue weighted by molar-refractivity contribution is -0.643. The zero-order chi connectivity index (χ0) is 17.3. The Labute approximate surface area is 138 Å². The van der Waals surface area contributed by atoms with Gasteiger partial charge in [0, 0.05) is 11.5 Å². The van der Waals surface area contributed by atoms with E-state index in [4.69, 9.17) is 9.47 Å². The lowest BCUT2D eigenvalue weighted by Crippen LogP contribution is -2.28. The molecular formula is C16H15NO6S. The third kappa shape index (κ3) is 3.25. The quantitative estimate of drug-likeness (QED) is 0.287. The zero-order valence-corrected chi connectivity index (χ0v) is 13.9. The van der Waals surface area contributed by atoms with Crippen LogP contribution in [0.3, 0.4) is 0 Å². The van der Waals surface area contributed by atoms with Gasteiger partial charge in [0.1, 0.15) is 7.05 Å². The number of aryl methyl sites for hydroxylation is 1. The summed E-state index contributed by atoms with van der Waals surface area (Å²) in [5.74, 6) is 1.67. The van der Waals surface area contributed by atoms with Gasteiger partial charge < -0.3 is 14.0 Å². The van der Waals surface area contributed by atoms with Crippen LogP contribution >= 0.6 is 0 Å². The maximum Gasteiger partial charge on any atom is 0.231 e. The van der Waals surface area contributed by atoms with Gasteiger partial charge in [0.05, 0.1) is 17.9 Å². The molecule has 3 aromatic rings. The number of pyridine rings is 1. The molecule has 0 N–H and O–H groups in total. The second kappa shape index (κ2) is 6.23. The number of para-hydroxylation sites is 1. The molecule has 0 spiro atoms. The van der Waals surface area contributed by atoms with Crippen molar-refractivity contribution in [2.24, 2.45) is 7.05 Å². The molecule has 0 bridgehead atoms. The second-order valence-corrected chi connectivity index (χ2v) is 6.27. The van der Waals surface area contributed by atoms with E-state index in [0.29, 0.717) is 6.79 Å². The van der Waals surface area contributed by atoms with Crippen molar-refractivity contribution < 1.29 is 31.2 Å². The molecule has 0 unspecified atom stereocenters. The summed E-state index contributed by atoms with van der Waals surface area (Å²) in [5, 5.41) is 3.60. The monoisotopic (exact) mass is 349 g/mol. The molecule has 126 valence electrons. The van der Waals surface area contributed by atoms with Crippen LogP contribution in [-0.4, -0.2) is 26.9 Å². The fourth-order valence-corrected chi connectivity index (χ4v) is 2.58. The van der Waals surface area contributed by atoms with E-state index in [1.165, 1.54) is 21.7 Å². The minimum atomic E-state index is -4.41. The summed E-state index contributed by atoms with van der Waals surface area (Å²) in [6.07, 6.45) is 2.12. The van der Waals surface area contributed by atoms with E-state index in [0.717, 1.165) is 18.6 Å². The van der Waals surface area contributed by atoms with Crippen LogP contribution in [0, 0.1) is 0 Å². The summed E-state index contributed by atoms with van der Waals surface area (Å²) in [4.78, 5) is 0. The Balaban J connectivity index is 0.000000246. The predicted octanol–water partition coefficient (Wildman–Crippen LogP) is 1.64. The first-order chi connectivity index (χ1) is 11.4. The second-order valence-electron chi connectivity index (χ2n) is 5.12. The Morgan fingerprint density at radius 2 is 1.75 bits per heavy atom. The number of nitrogens with zero attached hydrogens (tertiary/aromatic N) is 1. The molecule has 2 aromatic carbocycles. The van der Waals surface area contributed by atoms with Crippen LogP contribution in [0.2, 0.25) is 0 Å². The number of benzene rings is 2. The average Bonchev–Trinajstić information content (AvgIpc) is 3.01. The Bertz CT molecular complexity index is 1020. The van der Waals surface area contributed by atoms with Crippen molar-refractivity contribution in [1.82, 2.24) is 0 Å². The van der Waals surface area contributed by atoms with E-state index >= 15 is 0 Å². The highest BCUT2D eigenvalue weighted by Gasteiger charge is 2.17. The fraction of sp³-hybridized carbons (Fsp3) is 0.188. The van der Waals surface area contributed by atoms with Crippen LogP contribution in [0.4, 0.5) is 0 Å². The lowest BCUT2D eigenvalue weighted by Gasteiger charge is -2.04. The molecule has 2 heterocycles. The number of fused-ring (bicyclic) bond motifs is 4. The molecule has 0 fully saturated rings. The van der Waals surface area contributed by atoms with Crippen LogP contribution in [0.5, 0.6) is 11.5 Å². The fourth-order valence-electron chi connectivity index (χ4n) is 2.58. The molecule has 1 aliphatic heterocycles. The van der Waals surface area contributed by atoms with Gasteiger partial charge in [-0.05, 0) is 18.2 Å². The van der Waals surface area contributed by atoms with Crippen molar-refractivity contribution in [2.75, 3.05) is 13.9 Å². The Morgan fingerprint density at radius 3 is 2.42 bits per heavy atom. The first kappa shape index (κ1) is 16.4. The molecule has 0 amide bonds. The average molecular weight is 349 g/mol. The van der Waals surface area contributed by atoms with Gasteiger partial charge in [-0.1, -0.05) is 12.1 Å². The van der Waals surface area contributed by atoms with Crippen molar-refractivity contribution in [3.8, 4) is 11.5 Å². The third-order valence-electron chi connectivity index (χ3n) is 3.66. The third-order valence-corrected chi connectivity index (χ3v) is 4.06. The topological polar surface area (TPSA) is 88.8 Å². The number of hydrogen-bond donors (Lipinski definition) is 0. The molecule has 0 radical (unpaired) electrons. The van der Waals surface area contributed by atoms with Crippen LogP contribution in [0.15, 0.2) is 42.6 Å². The van der Waals surface area contributed by atoms with Gasteiger partial charge in [-0.15, -0.1) is 0 Å². The van der Waals surface area contributed by atoms with Crippen LogP contribution in [0.1, 0.15) is 0 Å². The van der Waals surface area contributed by atoms with Crippen molar-refractivity contribution in [3.05, 3.63) is 42.6 Å². The van der Waals surface area contributed by atoms with E-state index in [1.807, 2.05) is 6.07 Å².